The van der Waals surface area contributed by atoms with Crippen LogP contribution in [0.25, 0.3) is 0 Å². The Hall–Kier alpha value is -1.54. The van der Waals surface area contributed by atoms with Crippen molar-refractivity contribution in [2.24, 2.45) is 0 Å². The van der Waals surface area contributed by atoms with Crippen LogP contribution in [0.15, 0.2) is 39.7 Å². The van der Waals surface area contributed by atoms with Gasteiger partial charge in [-0.05, 0) is 35.0 Å². The Balaban J connectivity index is 2.47. The third-order valence-electron chi connectivity index (χ3n) is 2.68. The van der Waals surface area contributed by atoms with Crippen LogP contribution in [-0.4, -0.2) is 8.42 Å². The molecule has 0 aromatic heterocycles. The second kappa shape index (κ2) is 5.69. The number of benzene rings is 2. The summed E-state index contributed by atoms with van der Waals surface area (Å²) in [7, 11) is -4.11. The van der Waals surface area contributed by atoms with Crippen LogP contribution >= 0.6 is 15.9 Å². The third kappa shape index (κ3) is 3.21. The van der Waals surface area contributed by atoms with Gasteiger partial charge in [0.1, 0.15) is 5.69 Å². The number of nitrogens with one attached hydrogen (secondary N) is 1. The lowest BCUT2D eigenvalue weighted by molar-refractivity contribution is 0.492. The van der Waals surface area contributed by atoms with Gasteiger partial charge in [0.15, 0.2) is 17.5 Å². The van der Waals surface area contributed by atoms with Crippen molar-refractivity contribution in [1.29, 1.82) is 0 Å². The van der Waals surface area contributed by atoms with Crippen LogP contribution < -0.4 is 4.72 Å². The van der Waals surface area contributed by atoms with E-state index in [-0.39, 0.29) is 11.0 Å². The molecule has 0 heterocycles. The highest BCUT2D eigenvalue weighted by Crippen LogP contribution is 2.32. The summed E-state index contributed by atoms with van der Waals surface area (Å²) in [6, 6.07) is 6.04. The van der Waals surface area contributed by atoms with Gasteiger partial charge in [0.2, 0.25) is 0 Å². The zero-order valence-electron chi connectivity index (χ0n) is 10.6. The van der Waals surface area contributed by atoms with E-state index in [1.807, 2.05) is 4.72 Å². The molecule has 0 saturated carbocycles. The van der Waals surface area contributed by atoms with Crippen LogP contribution in [0.3, 0.4) is 0 Å². The van der Waals surface area contributed by atoms with Crippen molar-refractivity contribution < 1.29 is 21.6 Å². The van der Waals surface area contributed by atoms with Gasteiger partial charge in [-0.1, -0.05) is 17.7 Å². The summed E-state index contributed by atoms with van der Waals surface area (Å²) in [5.74, 6) is -4.02. The lowest BCUT2D eigenvalue weighted by Gasteiger charge is -2.12. The van der Waals surface area contributed by atoms with Gasteiger partial charge >= 0.3 is 0 Å². The molecule has 3 nitrogen and oxygen atoms in total. The van der Waals surface area contributed by atoms with Crippen LogP contribution in [-0.2, 0) is 10.0 Å². The van der Waals surface area contributed by atoms with Gasteiger partial charge in [0.25, 0.3) is 10.0 Å². The van der Waals surface area contributed by atoms with Gasteiger partial charge in [-0.2, -0.15) is 0 Å². The van der Waals surface area contributed by atoms with Gasteiger partial charge in [-0.25, -0.2) is 21.6 Å². The molecule has 0 spiro atoms. The largest absolute Gasteiger partial charge is 0.275 e. The molecule has 0 unspecified atom stereocenters. The molecule has 0 aliphatic rings. The summed E-state index contributed by atoms with van der Waals surface area (Å²) >= 11 is 2.64. The van der Waals surface area contributed by atoms with Crippen molar-refractivity contribution in [3.8, 4) is 0 Å². The molecule has 21 heavy (non-hydrogen) atoms. The highest BCUT2D eigenvalue weighted by molar-refractivity contribution is 9.10. The van der Waals surface area contributed by atoms with Crippen molar-refractivity contribution in [3.63, 3.8) is 0 Å². The SMILES string of the molecule is Cc1ccc(S(=O)(=O)Nc2c(F)cc(F)c(F)c2Br)cc1. The molecule has 1 N–H and O–H groups in total. The zero-order valence-corrected chi connectivity index (χ0v) is 13.0. The first-order valence-electron chi connectivity index (χ1n) is 5.65. The molecule has 8 heteroatoms. The summed E-state index contributed by atoms with van der Waals surface area (Å²) < 4.78 is 65.5. The lowest BCUT2D eigenvalue weighted by Crippen LogP contribution is -2.15. The van der Waals surface area contributed by atoms with Crippen molar-refractivity contribution >= 4 is 31.6 Å². The molecule has 2 aromatic rings. The minimum absolute atomic E-state index is 0.121. The second-order valence-corrected chi connectivity index (χ2v) is 6.74. The maximum absolute atomic E-state index is 13.6. The van der Waals surface area contributed by atoms with Gasteiger partial charge < -0.3 is 0 Å². The predicted molar refractivity (Wildman–Crippen MR) is 76.0 cm³/mol. The van der Waals surface area contributed by atoms with Gasteiger partial charge in [-0.15, -0.1) is 0 Å². The summed E-state index contributed by atoms with van der Waals surface area (Å²) in [4.78, 5) is -0.121. The number of hydrogen-bond donors (Lipinski definition) is 1. The highest BCUT2D eigenvalue weighted by atomic mass is 79.9. The molecule has 0 aliphatic carbocycles. The number of sulfonamides is 1. The van der Waals surface area contributed by atoms with E-state index in [4.69, 9.17) is 0 Å². The van der Waals surface area contributed by atoms with Crippen LogP contribution in [0.2, 0.25) is 0 Å². The van der Waals surface area contributed by atoms with E-state index in [0.717, 1.165) is 5.56 Å². The van der Waals surface area contributed by atoms with E-state index in [9.17, 15) is 21.6 Å². The monoisotopic (exact) mass is 379 g/mol. The topological polar surface area (TPSA) is 46.2 Å². The molecule has 0 saturated heterocycles. The zero-order chi connectivity index (χ0) is 15.8. The van der Waals surface area contributed by atoms with E-state index in [2.05, 4.69) is 15.9 Å². The van der Waals surface area contributed by atoms with Crippen molar-refractivity contribution in [1.82, 2.24) is 0 Å². The quantitative estimate of drug-likeness (QED) is 0.647. The fourth-order valence-corrected chi connectivity index (χ4v) is 3.26. The molecule has 2 aromatic carbocycles. The molecule has 2 rings (SSSR count). The first kappa shape index (κ1) is 15.8. The van der Waals surface area contributed by atoms with Crippen LogP contribution in [0.4, 0.5) is 18.9 Å². The average Bonchev–Trinajstić information content (AvgIpc) is 2.42. The Morgan fingerprint density at radius 1 is 1.05 bits per heavy atom. The molecule has 0 aliphatic heterocycles. The molecular formula is C13H9BrF3NO2S. The molecule has 0 fully saturated rings. The minimum atomic E-state index is -4.11. The van der Waals surface area contributed by atoms with Crippen molar-refractivity contribution in [2.75, 3.05) is 4.72 Å². The fraction of sp³-hybridized carbons (Fsp3) is 0.0769. The van der Waals surface area contributed by atoms with Crippen LogP contribution in [0, 0.1) is 24.4 Å². The Bertz CT molecular complexity index is 792. The fourth-order valence-electron chi connectivity index (χ4n) is 1.57. The molecule has 112 valence electrons. The first-order valence-corrected chi connectivity index (χ1v) is 7.92. The normalized spacial score (nSPS) is 11.5. The Morgan fingerprint density at radius 3 is 2.19 bits per heavy atom. The Kier molecular flexibility index (Phi) is 4.29. The smallest absolute Gasteiger partial charge is 0.262 e. The van der Waals surface area contributed by atoms with Gasteiger partial charge in [0.05, 0.1) is 9.37 Å². The molecule has 0 amide bonds. The Morgan fingerprint density at radius 2 is 1.62 bits per heavy atom. The van der Waals surface area contributed by atoms with E-state index in [0.29, 0.717) is 0 Å². The minimum Gasteiger partial charge on any atom is -0.275 e. The molecule has 0 bridgehead atoms. The number of halogens is 4. The van der Waals surface area contributed by atoms with E-state index >= 15 is 0 Å². The number of anilines is 1. The summed E-state index contributed by atoms with van der Waals surface area (Å²) in [6.45, 7) is 1.77. The standard InChI is InChI=1S/C13H9BrF3NO2S/c1-7-2-4-8(5-3-7)21(19,20)18-13-10(16)6-9(15)12(17)11(13)14/h2-6,18H,1H3. The average molecular weight is 380 g/mol. The Labute approximate surface area is 128 Å². The predicted octanol–water partition coefficient (Wildman–Crippen LogP) is 3.98. The van der Waals surface area contributed by atoms with Gasteiger partial charge in [0, 0.05) is 6.07 Å². The van der Waals surface area contributed by atoms with Gasteiger partial charge in [-0.3, -0.25) is 4.72 Å². The van der Waals surface area contributed by atoms with Crippen molar-refractivity contribution in [3.05, 3.63) is 57.8 Å². The summed E-state index contributed by atoms with van der Waals surface area (Å²) in [6.07, 6.45) is 0. The molecule has 0 radical (unpaired) electrons. The first-order chi connectivity index (χ1) is 9.72. The summed E-state index contributed by atoms with van der Waals surface area (Å²) in [5, 5.41) is 0. The van der Waals surface area contributed by atoms with E-state index in [1.54, 1.807) is 19.1 Å². The van der Waals surface area contributed by atoms with E-state index < -0.39 is 37.6 Å². The van der Waals surface area contributed by atoms with Crippen LogP contribution in [0.1, 0.15) is 5.56 Å². The lowest BCUT2D eigenvalue weighted by atomic mass is 10.2. The third-order valence-corrected chi connectivity index (χ3v) is 4.79. The summed E-state index contributed by atoms with van der Waals surface area (Å²) in [5.41, 5.74) is 0.156. The maximum Gasteiger partial charge on any atom is 0.262 e. The molecule has 0 atom stereocenters. The maximum atomic E-state index is 13.6. The number of rotatable bonds is 3. The molecular weight excluding hydrogens is 371 g/mol. The highest BCUT2D eigenvalue weighted by Gasteiger charge is 2.22. The van der Waals surface area contributed by atoms with Crippen molar-refractivity contribution in [2.45, 2.75) is 11.8 Å². The van der Waals surface area contributed by atoms with Crippen LogP contribution in [0.5, 0.6) is 0 Å². The second-order valence-electron chi connectivity index (χ2n) is 4.26. The number of hydrogen-bond acceptors (Lipinski definition) is 2. The van der Waals surface area contributed by atoms with E-state index in [1.165, 1.54) is 12.1 Å². The number of aryl methyl sites for hydroxylation is 1.